The fraction of sp³-hybridized carbons (Fsp3) is 0.538. The molecule has 0 radical (unpaired) electrons. The maximum atomic E-state index is 12.1. The maximum Gasteiger partial charge on any atom is 0.252 e. The summed E-state index contributed by atoms with van der Waals surface area (Å²) in [4.78, 5) is 25.6. The third-order valence-corrected chi connectivity index (χ3v) is 3.89. The molecule has 0 unspecified atom stereocenters. The van der Waals surface area contributed by atoms with Crippen LogP contribution in [0.5, 0.6) is 0 Å². The van der Waals surface area contributed by atoms with Crippen molar-refractivity contribution in [3.8, 4) is 0 Å². The van der Waals surface area contributed by atoms with E-state index < -0.39 is 0 Å². The van der Waals surface area contributed by atoms with Crippen molar-refractivity contribution in [1.82, 2.24) is 10.2 Å². The van der Waals surface area contributed by atoms with Gasteiger partial charge >= 0.3 is 0 Å². The van der Waals surface area contributed by atoms with Gasteiger partial charge in [-0.1, -0.05) is 6.92 Å². The maximum absolute atomic E-state index is 12.1. The van der Waals surface area contributed by atoms with Crippen molar-refractivity contribution in [3.05, 3.63) is 22.4 Å². The van der Waals surface area contributed by atoms with Gasteiger partial charge in [0.1, 0.15) is 0 Å². The first-order valence-electron chi connectivity index (χ1n) is 6.40. The molecule has 2 heterocycles. The highest BCUT2D eigenvalue weighted by atomic mass is 32.1. The number of ether oxygens (including phenoxy) is 1. The minimum atomic E-state index is -0.198. The zero-order valence-electron chi connectivity index (χ0n) is 10.9. The molecule has 5 nitrogen and oxygen atoms in total. The van der Waals surface area contributed by atoms with Crippen molar-refractivity contribution in [1.29, 1.82) is 0 Å². The lowest BCUT2D eigenvalue weighted by molar-refractivity contribution is -0.138. The van der Waals surface area contributed by atoms with E-state index in [1.165, 1.54) is 11.3 Å². The fourth-order valence-corrected chi connectivity index (χ4v) is 2.71. The minimum absolute atomic E-state index is 0.0428. The molecule has 0 aliphatic carbocycles. The van der Waals surface area contributed by atoms with E-state index in [-0.39, 0.29) is 24.4 Å². The highest BCUT2D eigenvalue weighted by Gasteiger charge is 2.25. The Morgan fingerprint density at radius 3 is 3.11 bits per heavy atom. The molecule has 0 spiro atoms. The van der Waals surface area contributed by atoms with E-state index in [4.69, 9.17) is 4.74 Å². The summed E-state index contributed by atoms with van der Waals surface area (Å²) in [5.74, 6) is -0.241. The smallest absolute Gasteiger partial charge is 0.252 e. The van der Waals surface area contributed by atoms with Crippen LogP contribution in [0.3, 0.4) is 0 Å². The Hall–Kier alpha value is -1.40. The molecular formula is C13H18N2O3S. The van der Waals surface area contributed by atoms with Gasteiger partial charge < -0.3 is 15.0 Å². The van der Waals surface area contributed by atoms with Crippen LogP contribution in [-0.2, 0) is 9.53 Å². The largest absolute Gasteiger partial charge is 0.377 e. The predicted octanol–water partition coefficient (Wildman–Crippen LogP) is 1.12. The highest BCUT2D eigenvalue weighted by molar-refractivity contribution is 7.08. The molecule has 0 bridgehead atoms. The summed E-state index contributed by atoms with van der Waals surface area (Å²) >= 11 is 1.46. The second-order valence-corrected chi connectivity index (χ2v) is 5.20. The van der Waals surface area contributed by atoms with Crippen LogP contribution in [0.2, 0.25) is 0 Å². The van der Waals surface area contributed by atoms with E-state index in [0.717, 1.165) is 6.42 Å². The van der Waals surface area contributed by atoms with Crippen LogP contribution in [0.25, 0.3) is 0 Å². The second-order valence-electron chi connectivity index (χ2n) is 4.42. The first-order chi connectivity index (χ1) is 9.22. The Morgan fingerprint density at radius 2 is 2.42 bits per heavy atom. The molecule has 1 aromatic heterocycles. The van der Waals surface area contributed by atoms with Gasteiger partial charge in [0.15, 0.2) is 0 Å². The molecule has 1 aromatic rings. The molecule has 19 heavy (non-hydrogen) atoms. The number of morpholine rings is 1. The fourth-order valence-electron chi connectivity index (χ4n) is 2.07. The lowest BCUT2D eigenvalue weighted by atomic mass is 10.1. The summed E-state index contributed by atoms with van der Waals surface area (Å²) in [5, 5.41) is 6.27. The van der Waals surface area contributed by atoms with Crippen molar-refractivity contribution >= 4 is 23.2 Å². The van der Waals surface area contributed by atoms with Crippen molar-refractivity contribution in [2.75, 3.05) is 26.3 Å². The van der Waals surface area contributed by atoms with Crippen LogP contribution in [0, 0.1) is 0 Å². The second kappa shape index (κ2) is 6.68. The highest BCUT2D eigenvalue weighted by Crippen LogP contribution is 2.10. The van der Waals surface area contributed by atoms with E-state index in [1.54, 1.807) is 16.3 Å². The molecule has 2 amide bonds. The number of carbonyl (C=O) groups excluding carboxylic acids is 2. The first kappa shape index (κ1) is 14.0. The Kier molecular flexibility index (Phi) is 4.93. The van der Waals surface area contributed by atoms with E-state index in [0.29, 0.717) is 25.3 Å². The van der Waals surface area contributed by atoms with Gasteiger partial charge in [0.2, 0.25) is 5.91 Å². The Balaban J connectivity index is 1.85. The third-order valence-electron chi connectivity index (χ3n) is 3.20. The molecule has 1 saturated heterocycles. The van der Waals surface area contributed by atoms with E-state index >= 15 is 0 Å². The molecule has 1 aliphatic heterocycles. The van der Waals surface area contributed by atoms with Gasteiger partial charge in [0, 0.05) is 17.5 Å². The zero-order valence-corrected chi connectivity index (χ0v) is 11.7. The number of carbonyl (C=O) groups is 2. The topological polar surface area (TPSA) is 58.6 Å². The van der Waals surface area contributed by atoms with Gasteiger partial charge in [0.25, 0.3) is 5.91 Å². The number of rotatable bonds is 4. The van der Waals surface area contributed by atoms with Gasteiger partial charge in [0.05, 0.1) is 25.8 Å². The molecular weight excluding hydrogens is 264 g/mol. The Bertz CT molecular complexity index is 433. The minimum Gasteiger partial charge on any atom is -0.377 e. The number of nitrogens with one attached hydrogen (secondary N) is 1. The summed E-state index contributed by atoms with van der Waals surface area (Å²) < 4.78 is 5.36. The van der Waals surface area contributed by atoms with Crippen LogP contribution in [0.4, 0.5) is 0 Å². The van der Waals surface area contributed by atoms with Crippen LogP contribution in [-0.4, -0.2) is 49.1 Å². The van der Waals surface area contributed by atoms with Crippen LogP contribution < -0.4 is 5.32 Å². The predicted molar refractivity (Wildman–Crippen MR) is 73.3 cm³/mol. The molecule has 0 aromatic carbocycles. The summed E-state index contributed by atoms with van der Waals surface area (Å²) in [6.45, 7) is 3.84. The number of nitrogens with zero attached hydrogens (tertiary/aromatic N) is 1. The van der Waals surface area contributed by atoms with Crippen LogP contribution in [0.1, 0.15) is 23.7 Å². The van der Waals surface area contributed by atoms with E-state index in [2.05, 4.69) is 5.32 Å². The van der Waals surface area contributed by atoms with Gasteiger partial charge in [-0.2, -0.15) is 11.3 Å². The van der Waals surface area contributed by atoms with Crippen LogP contribution >= 0.6 is 11.3 Å². The summed E-state index contributed by atoms with van der Waals surface area (Å²) in [6.07, 6.45) is 0.865. The molecule has 1 N–H and O–H groups in total. The monoisotopic (exact) mass is 282 g/mol. The standard InChI is InChI=1S/C13H18N2O3S/c1-2-11-8-18-5-4-15(11)12(16)7-14-13(17)10-3-6-19-9-10/h3,6,9,11H,2,4-5,7-8H2,1H3,(H,14,17)/t11-/m0/s1. The van der Waals surface area contributed by atoms with E-state index in [1.807, 2.05) is 12.3 Å². The lowest BCUT2D eigenvalue weighted by Crippen LogP contribution is -2.51. The molecule has 6 heteroatoms. The third kappa shape index (κ3) is 3.54. The Morgan fingerprint density at radius 1 is 1.58 bits per heavy atom. The van der Waals surface area contributed by atoms with Crippen molar-refractivity contribution in [2.45, 2.75) is 19.4 Å². The summed E-state index contributed by atoms with van der Waals surface area (Å²) in [7, 11) is 0. The molecule has 1 atom stereocenters. The van der Waals surface area contributed by atoms with Gasteiger partial charge in [-0.25, -0.2) is 0 Å². The average Bonchev–Trinajstić information content (AvgIpc) is 2.98. The zero-order chi connectivity index (χ0) is 13.7. The molecule has 1 aliphatic rings. The lowest BCUT2D eigenvalue weighted by Gasteiger charge is -2.35. The Labute approximate surface area is 116 Å². The number of hydrogen-bond acceptors (Lipinski definition) is 4. The molecule has 0 saturated carbocycles. The molecule has 1 fully saturated rings. The number of amides is 2. The number of thiophene rings is 1. The van der Waals surface area contributed by atoms with Gasteiger partial charge in [-0.05, 0) is 17.9 Å². The average molecular weight is 282 g/mol. The molecule has 2 rings (SSSR count). The van der Waals surface area contributed by atoms with Crippen molar-refractivity contribution in [3.63, 3.8) is 0 Å². The SMILES string of the molecule is CC[C@H]1COCCN1C(=O)CNC(=O)c1ccsc1. The van der Waals surface area contributed by atoms with Crippen molar-refractivity contribution in [2.24, 2.45) is 0 Å². The first-order valence-corrected chi connectivity index (χ1v) is 7.34. The summed E-state index contributed by atoms with van der Waals surface area (Å²) in [6, 6.07) is 1.87. The normalized spacial score (nSPS) is 19.2. The number of hydrogen-bond donors (Lipinski definition) is 1. The van der Waals surface area contributed by atoms with Crippen LogP contribution in [0.15, 0.2) is 16.8 Å². The molecule has 104 valence electrons. The summed E-state index contributed by atoms with van der Waals surface area (Å²) in [5.41, 5.74) is 0.604. The van der Waals surface area contributed by atoms with Crippen molar-refractivity contribution < 1.29 is 14.3 Å². The quantitative estimate of drug-likeness (QED) is 0.900. The van der Waals surface area contributed by atoms with Gasteiger partial charge in [-0.15, -0.1) is 0 Å². The van der Waals surface area contributed by atoms with E-state index in [9.17, 15) is 9.59 Å². The van der Waals surface area contributed by atoms with Gasteiger partial charge in [-0.3, -0.25) is 9.59 Å².